The van der Waals surface area contributed by atoms with E-state index in [9.17, 15) is 4.39 Å². The van der Waals surface area contributed by atoms with E-state index < -0.39 is 0 Å². The number of hydrogen-bond donors (Lipinski definition) is 1. The fraction of sp³-hybridized carbons (Fsp3) is 0.143. The second-order valence-electron chi connectivity index (χ2n) is 4.53. The molecule has 2 aromatic heterocycles. The van der Waals surface area contributed by atoms with Gasteiger partial charge in [0.25, 0.3) is 0 Å². The first-order chi connectivity index (χ1) is 9.61. The minimum atomic E-state index is -0.261. The van der Waals surface area contributed by atoms with Crippen LogP contribution in [-0.4, -0.2) is 14.6 Å². The molecule has 0 aliphatic heterocycles. The molecule has 1 N–H and O–H groups in total. The van der Waals surface area contributed by atoms with Crippen LogP contribution in [0.2, 0.25) is 0 Å². The summed E-state index contributed by atoms with van der Waals surface area (Å²) in [7, 11) is 0. The standard InChI is InChI=1S/C14H12BrFN4/c1-9-2-5-13-18-14(19-20(13)8-9)17-7-10-6-11(16)3-4-12(10)15/h2-6,8H,7H2,1H3,(H,17,19). The zero-order chi connectivity index (χ0) is 14.1. The smallest absolute Gasteiger partial charge is 0.243 e. The summed E-state index contributed by atoms with van der Waals surface area (Å²) in [5.74, 6) is 0.260. The van der Waals surface area contributed by atoms with Gasteiger partial charge in [-0.15, -0.1) is 5.10 Å². The number of anilines is 1. The molecule has 0 unspecified atom stereocenters. The molecule has 1 aromatic carbocycles. The molecule has 3 aromatic rings. The van der Waals surface area contributed by atoms with Gasteiger partial charge in [0, 0.05) is 17.2 Å². The van der Waals surface area contributed by atoms with Crippen LogP contribution in [0.5, 0.6) is 0 Å². The van der Waals surface area contributed by atoms with E-state index in [4.69, 9.17) is 0 Å². The number of aromatic nitrogens is 3. The molecule has 3 rings (SSSR count). The van der Waals surface area contributed by atoms with Crippen LogP contribution in [-0.2, 0) is 6.54 Å². The summed E-state index contributed by atoms with van der Waals surface area (Å²) in [5, 5.41) is 7.42. The highest BCUT2D eigenvalue weighted by molar-refractivity contribution is 9.10. The van der Waals surface area contributed by atoms with Crippen molar-refractivity contribution in [3.05, 3.63) is 57.9 Å². The second-order valence-corrected chi connectivity index (χ2v) is 5.39. The Morgan fingerprint density at radius 1 is 1.30 bits per heavy atom. The van der Waals surface area contributed by atoms with Crippen molar-refractivity contribution >= 4 is 27.5 Å². The molecule has 0 saturated heterocycles. The lowest BCUT2D eigenvalue weighted by atomic mass is 10.2. The number of nitrogens with zero attached hydrogens (tertiary/aromatic N) is 3. The third-order valence-electron chi connectivity index (χ3n) is 2.92. The van der Waals surface area contributed by atoms with Crippen LogP contribution >= 0.6 is 15.9 Å². The summed E-state index contributed by atoms with van der Waals surface area (Å²) >= 11 is 3.40. The van der Waals surface area contributed by atoms with Crippen LogP contribution in [0.4, 0.5) is 10.3 Å². The van der Waals surface area contributed by atoms with E-state index in [1.54, 1.807) is 10.6 Å². The van der Waals surface area contributed by atoms with Crippen molar-refractivity contribution in [2.75, 3.05) is 5.32 Å². The Morgan fingerprint density at radius 3 is 3.00 bits per heavy atom. The van der Waals surface area contributed by atoms with Gasteiger partial charge in [-0.3, -0.25) is 0 Å². The van der Waals surface area contributed by atoms with Gasteiger partial charge in [-0.05, 0) is 42.3 Å². The minimum Gasteiger partial charge on any atom is -0.349 e. The summed E-state index contributed by atoms with van der Waals surface area (Å²) < 4.78 is 15.8. The minimum absolute atomic E-state index is 0.261. The molecule has 0 atom stereocenters. The third-order valence-corrected chi connectivity index (χ3v) is 3.70. The normalized spacial score (nSPS) is 10.9. The van der Waals surface area contributed by atoms with Crippen molar-refractivity contribution < 1.29 is 4.39 Å². The number of pyridine rings is 1. The molecule has 0 bridgehead atoms. The summed E-state index contributed by atoms with van der Waals surface area (Å²) in [6, 6.07) is 8.48. The predicted molar refractivity (Wildman–Crippen MR) is 79.2 cm³/mol. The molecule has 102 valence electrons. The largest absolute Gasteiger partial charge is 0.349 e. The van der Waals surface area contributed by atoms with Crippen LogP contribution in [0.3, 0.4) is 0 Å². The molecule has 0 spiro atoms. The number of benzene rings is 1. The Labute approximate surface area is 123 Å². The van der Waals surface area contributed by atoms with Gasteiger partial charge in [-0.25, -0.2) is 8.91 Å². The van der Waals surface area contributed by atoms with Crippen molar-refractivity contribution in [1.82, 2.24) is 14.6 Å². The van der Waals surface area contributed by atoms with Crippen LogP contribution in [0.1, 0.15) is 11.1 Å². The van der Waals surface area contributed by atoms with Crippen molar-refractivity contribution in [1.29, 1.82) is 0 Å². The Morgan fingerprint density at radius 2 is 2.15 bits per heavy atom. The molecule has 0 amide bonds. The molecule has 0 aliphatic rings. The Hall–Kier alpha value is -1.95. The molecule has 2 heterocycles. The van der Waals surface area contributed by atoms with Gasteiger partial charge in [0.2, 0.25) is 5.95 Å². The first kappa shape index (κ1) is 13.1. The summed E-state index contributed by atoms with van der Waals surface area (Å²) in [6.07, 6.45) is 1.91. The summed E-state index contributed by atoms with van der Waals surface area (Å²) in [6.45, 7) is 2.45. The van der Waals surface area contributed by atoms with Gasteiger partial charge in [-0.2, -0.15) is 4.98 Å². The fourth-order valence-corrected chi connectivity index (χ4v) is 2.30. The van der Waals surface area contributed by atoms with E-state index in [2.05, 4.69) is 31.3 Å². The molecule has 0 radical (unpaired) electrons. The number of aryl methyl sites for hydroxylation is 1. The number of halogens is 2. The monoisotopic (exact) mass is 334 g/mol. The number of fused-ring (bicyclic) bond motifs is 1. The van der Waals surface area contributed by atoms with E-state index in [1.165, 1.54) is 12.1 Å². The average molecular weight is 335 g/mol. The van der Waals surface area contributed by atoms with E-state index in [0.717, 1.165) is 21.2 Å². The number of rotatable bonds is 3. The molecule has 4 nitrogen and oxygen atoms in total. The molecular weight excluding hydrogens is 323 g/mol. The van der Waals surface area contributed by atoms with Gasteiger partial charge in [0.1, 0.15) is 5.82 Å². The molecule has 0 fully saturated rings. The first-order valence-electron chi connectivity index (χ1n) is 6.13. The quantitative estimate of drug-likeness (QED) is 0.796. The van der Waals surface area contributed by atoms with Crippen LogP contribution in [0.15, 0.2) is 41.0 Å². The van der Waals surface area contributed by atoms with Crippen molar-refractivity contribution in [3.63, 3.8) is 0 Å². The van der Waals surface area contributed by atoms with Gasteiger partial charge in [-0.1, -0.05) is 22.0 Å². The highest BCUT2D eigenvalue weighted by Crippen LogP contribution is 2.19. The topological polar surface area (TPSA) is 42.2 Å². The van der Waals surface area contributed by atoms with Gasteiger partial charge in [0.15, 0.2) is 5.65 Å². The summed E-state index contributed by atoms with van der Waals surface area (Å²) in [5.41, 5.74) is 2.71. The SMILES string of the molecule is Cc1ccc2nc(NCc3cc(F)ccc3Br)nn2c1. The highest BCUT2D eigenvalue weighted by atomic mass is 79.9. The Kier molecular flexibility index (Phi) is 3.40. The van der Waals surface area contributed by atoms with Crippen LogP contribution in [0.25, 0.3) is 5.65 Å². The van der Waals surface area contributed by atoms with Gasteiger partial charge >= 0.3 is 0 Å². The third kappa shape index (κ3) is 2.65. The molecule has 0 saturated carbocycles. The molecular formula is C14H12BrFN4. The number of hydrogen-bond acceptors (Lipinski definition) is 3. The van der Waals surface area contributed by atoms with E-state index >= 15 is 0 Å². The number of nitrogens with one attached hydrogen (secondary N) is 1. The van der Waals surface area contributed by atoms with E-state index in [0.29, 0.717) is 12.5 Å². The molecule has 20 heavy (non-hydrogen) atoms. The highest BCUT2D eigenvalue weighted by Gasteiger charge is 2.05. The zero-order valence-corrected chi connectivity index (χ0v) is 12.4. The molecule has 0 aliphatic carbocycles. The fourth-order valence-electron chi connectivity index (χ4n) is 1.91. The summed E-state index contributed by atoms with van der Waals surface area (Å²) in [4.78, 5) is 4.35. The Balaban J connectivity index is 1.81. The van der Waals surface area contributed by atoms with Crippen molar-refractivity contribution in [2.24, 2.45) is 0 Å². The van der Waals surface area contributed by atoms with Crippen LogP contribution < -0.4 is 5.32 Å². The average Bonchev–Trinajstić information content (AvgIpc) is 2.81. The maximum Gasteiger partial charge on any atom is 0.243 e. The van der Waals surface area contributed by atoms with Crippen molar-refractivity contribution in [2.45, 2.75) is 13.5 Å². The van der Waals surface area contributed by atoms with Gasteiger partial charge in [0.05, 0.1) is 0 Å². The van der Waals surface area contributed by atoms with Gasteiger partial charge < -0.3 is 5.32 Å². The van der Waals surface area contributed by atoms with E-state index in [1.807, 2.05) is 25.3 Å². The lowest BCUT2D eigenvalue weighted by Crippen LogP contribution is -2.02. The predicted octanol–water partition coefficient (Wildman–Crippen LogP) is 3.55. The van der Waals surface area contributed by atoms with Crippen LogP contribution in [0, 0.1) is 12.7 Å². The lowest BCUT2D eigenvalue weighted by Gasteiger charge is -2.04. The maximum atomic E-state index is 13.2. The maximum absolute atomic E-state index is 13.2. The zero-order valence-electron chi connectivity index (χ0n) is 10.8. The first-order valence-corrected chi connectivity index (χ1v) is 6.92. The van der Waals surface area contributed by atoms with Crippen molar-refractivity contribution in [3.8, 4) is 0 Å². The Bertz CT molecular complexity index is 769. The molecule has 6 heteroatoms. The van der Waals surface area contributed by atoms with E-state index in [-0.39, 0.29) is 5.82 Å². The second kappa shape index (κ2) is 5.20. The lowest BCUT2D eigenvalue weighted by molar-refractivity contribution is 0.625.